The zero-order valence-electron chi connectivity index (χ0n) is 15.4. The molecule has 0 saturated carbocycles. The van der Waals surface area contributed by atoms with Crippen molar-refractivity contribution in [2.75, 3.05) is 13.1 Å². The number of aromatic nitrogens is 4. The van der Waals surface area contributed by atoms with Gasteiger partial charge in [0.05, 0.1) is 18.8 Å². The Morgan fingerprint density at radius 1 is 1.30 bits per heavy atom. The van der Waals surface area contributed by atoms with Gasteiger partial charge < -0.3 is 15.5 Å². The molecular formula is C18H25N7O2. The first-order valence-electron chi connectivity index (χ1n) is 9.17. The Bertz CT molecular complexity index is 727. The average Bonchev–Trinajstić information content (AvgIpc) is 3.20. The molecule has 1 fully saturated rings. The second-order valence-electron chi connectivity index (χ2n) is 6.77. The van der Waals surface area contributed by atoms with Crippen LogP contribution < -0.4 is 10.6 Å². The molecule has 0 spiro atoms. The first-order valence-corrected chi connectivity index (χ1v) is 9.17. The summed E-state index contributed by atoms with van der Waals surface area (Å²) in [7, 11) is 0. The first-order chi connectivity index (χ1) is 13.1. The first kappa shape index (κ1) is 18.8. The highest BCUT2D eigenvalue weighted by Crippen LogP contribution is 2.17. The maximum Gasteiger partial charge on any atom is 0.317 e. The molecule has 1 aliphatic rings. The monoisotopic (exact) mass is 371 g/mol. The summed E-state index contributed by atoms with van der Waals surface area (Å²) in [6.45, 7) is 4.07. The summed E-state index contributed by atoms with van der Waals surface area (Å²) in [5.74, 6) is -0.0365. The number of likely N-dealkylation sites (tertiary alicyclic amines) is 1. The number of carbonyl (C=O) groups excluding carboxylic acids is 2. The molecule has 27 heavy (non-hydrogen) atoms. The van der Waals surface area contributed by atoms with Gasteiger partial charge in [0.15, 0.2) is 0 Å². The minimum atomic E-state index is -0.102. The van der Waals surface area contributed by atoms with Gasteiger partial charge in [0.25, 0.3) is 0 Å². The van der Waals surface area contributed by atoms with Crippen molar-refractivity contribution in [3.05, 3.63) is 42.7 Å². The molecule has 3 heterocycles. The largest absolute Gasteiger partial charge is 0.350 e. The standard InChI is InChI=1S/C18H25N7O2/c1-14(11-25-13-19-12-22-25)23-18(27)24-8-5-15(6-9-24)17(26)21-10-16-4-2-3-7-20-16/h2-4,7,12-15H,5-6,8-11H2,1H3,(H,21,26)(H,23,27)/t14-/m1/s1. The van der Waals surface area contributed by atoms with Gasteiger partial charge in [-0.3, -0.25) is 14.5 Å². The van der Waals surface area contributed by atoms with E-state index < -0.39 is 0 Å². The third-order valence-corrected chi connectivity index (χ3v) is 4.62. The van der Waals surface area contributed by atoms with E-state index in [1.165, 1.54) is 6.33 Å². The van der Waals surface area contributed by atoms with E-state index in [0.29, 0.717) is 39.0 Å². The fraction of sp³-hybridized carbons (Fsp3) is 0.500. The quantitative estimate of drug-likeness (QED) is 0.781. The SMILES string of the molecule is C[C@H](Cn1cncn1)NC(=O)N1CCC(C(=O)NCc2ccccn2)CC1. The Morgan fingerprint density at radius 3 is 2.78 bits per heavy atom. The van der Waals surface area contributed by atoms with Crippen molar-refractivity contribution in [1.29, 1.82) is 0 Å². The van der Waals surface area contributed by atoms with Crippen molar-refractivity contribution in [2.24, 2.45) is 5.92 Å². The van der Waals surface area contributed by atoms with Crippen LogP contribution in [-0.4, -0.2) is 55.7 Å². The van der Waals surface area contributed by atoms with Crippen molar-refractivity contribution in [2.45, 2.75) is 38.9 Å². The molecule has 2 N–H and O–H groups in total. The van der Waals surface area contributed by atoms with Gasteiger partial charge in [0, 0.05) is 31.2 Å². The van der Waals surface area contributed by atoms with Gasteiger partial charge >= 0.3 is 6.03 Å². The highest BCUT2D eigenvalue weighted by Gasteiger charge is 2.27. The van der Waals surface area contributed by atoms with Crippen LogP contribution in [0.3, 0.4) is 0 Å². The van der Waals surface area contributed by atoms with Crippen LogP contribution in [0, 0.1) is 5.92 Å². The number of piperidine rings is 1. The van der Waals surface area contributed by atoms with Gasteiger partial charge in [-0.1, -0.05) is 6.07 Å². The highest BCUT2D eigenvalue weighted by molar-refractivity contribution is 5.79. The van der Waals surface area contributed by atoms with Crippen molar-refractivity contribution >= 4 is 11.9 Å². The molecule has 9 heteroatoms. The van der Waals surface area contributed by atoms with E-state index in [-0.39, 0.29) is 23.9 Å². The maximum atomic E-state index is 12.4. The summed E-state index contributed by atoms with van der Waals surface area (Å²) in [5, 5.41) is 9.94. The Balaban J connectivity index is 1.38. The van der Waals surface area contributed by atoms with Gasteiger partial charge in [-0.2, -0.15) is 5.10 Å². The van der Waals surface area contributed by atoms with Gasteiger partial charge in [-0.25, -0.2) is 9.78 Å². The zero-order chi connectivity index (χ0) is 19.1. The van der Waals surface area contributed by atoms with Gasteiger partial charge in [-0.15, -0.1) is 0 Å². The molecule has 1 saturated heterocycles. The molecule has 144 valence electrons. The predicted octanol–water partition coefficient (Wildman–Crippen LogP) is 0.800. The van der Waals surface area contributed by atoms with Crippen molar-refractivity contribution in [3.8, 4) is 0 Å². The molecule has 9 nitrogen and oxygen atoms in total. The van der Waals surface area contributed by atoms with E-state index in [2.05, 4.69) is 25.7 Å². The van der Waals surface area contributed by atoms with E-state index in [1.54, 1.807) is 22.1 Å². The number of nitrogens with zero attached hydrogens (tertiary/aromatic N) is 5. The third kappa shape index (κ3) is 5.50. The number of amides is 3. The number of pyridine rings is 1. The molecular weight excluding hydrogens is 346 g/mol. The van der Waals surface area contributed by atoms with E-state index in [0.717, 1.165) is 5.69 Å². The van der Waals surface area contributed by atoms with Crippen LogP contribution in [0.25, 0.3) is 0 Å². The lowest BCUT2D eigenvalue weighted by atomic mass is 9.96. The zero-order valence-corrected chi connectivity index (χ0v) is 15.4. The number of nitrogens with one attached hydrogen (secondary N) is 2. The Labute approximate surface area is 158 Å². The molecule has 1 aliphatic heterocycles. The van der Waals surface area contributed by atoms with E-state index in [9.17, 15) is 9.59 Å². The van der Waals surface area contributed by atoms with Crippen molar-refractivity contribution < 1.29 is 9.59 Å². The van der Waals surface area contributed by atoms with Gasteiger partial charge in [-0.05, 0) is 31.9 Å². The maximum absolute atomic E-state index is 12.4. The van der Waals surface area contributed by atoms with Gasteiger partial charge in [0.2, 0.25) is 5.91 Å². The van der Waals surface area contributed by atoms with Crippen LogP contribution in [-0.2, 0) is 17.9 Å². The second-order valence-corrected chi connectivity index (χ2v) is 6.77. The lowest BCUT2D eigenvalue weighted by Gasteiger charge is -2.32. The molecule has 2 aromatic rings. The molecule has 1 atom stereocenters. The second kappa shape index (κ2) is 9.11. The highest BCUT2D eigenvalue weighted by atomic mass is 16.2. The van der Waals surface area contributed by atoms with E-state index in [1.807, 2.05) is 25.1 Å². The number of urea groups is 1. The smallest absolute Gasteiger partial charge is 0.317 e. The van der Waals surface area contributed by atoms with Crippen LogP contribution in [0.5, 0.6) is 0 Å². The van der Waals surface area contributed by atoms with Gasteiger partial charge in [0.1, 0.15) is 12.7 Å². The third-order valence-electron chi connectivity index (χ3n) is 4.62. The minimum Gasteiger partial charge on any atom is -0.350 e. The summed E-state index contributed by atoms with van der Waals surface area (Å²) in [6.07, 6.45) is 6.14. The number of carbonyl (C=O) groups is 2. The molecule has 0 aliphatic carbocycles. The number of rotatable bonds is 6. The van der Waals surface area contributed by atoms with E-state index >= 15 is 0 Å². The fourth-order valence-corrected chi connectivity index (χ4v) is 3.12. The summed E-state index contributed by atoms with van der Waals surface area (Å²) < 4.78 is 1.68. The van der Waals surface area contributed by atoms with Crippen LogP contribution in [0.15, 0.2) is 37.1 Å². The van der Waals surface area contributed by atoms with E-state index in [4.69, 9.17) is 0 Å². The fourth-order valence-electron chi connectivity index (χ4n) is 3.12. The summed E-state index contributed by atoms with van der Waals surface area (Å²) in [5.41, 5.74) is 0.837. The summed E-state index contributed by atoms with van der Waals surface area (Å²) in [4.78, 5) is 34.6. The number of hydrogen-bond donors (Lipinski definition) is 2. The molecule has 2 aromatic heterocycles. The summed E-state index contributed by atoms with van der Waals surface area (Å²) in [6, 6.07) is 5.47. The minimum absolute atomic E-state index is 0.0280. The van der Waals surface area contributed by atoms with Crippen molar-refractivity contribution in [1.82, 2.24) is 35.3 Å². The predicted molar refractivity (Wildman–Crippen MR) is 98.4 cm³/mol. The van der Waals surface area contributed by atoms with Crippen molar-refractivity contribution in [3.63, 3.8) is 0 Å². The molecule has 0 bridgehead atoms. The molecule has 3 amide bonds. The topological polar surface area (TPSA) is 105 Å². The van der Waals surface area contributed by atoms with Crippen LogP contribution in [0.2, 0.25) is 0 Å². The van der Waals surface area contributed by atoms with Crippen LogP contribution in [0.1, 0.15) is 25.5 Å². The van der Waals surface area contributed by atoms with Crippen LogP contribution >= 0.6 is 0 Å². The molecule has 0 unspecified atom stereocenters. The van der Waals surface area contributed by atoms with Crippen LogP contribution in [0.4, 0.5) is 4.79 Å². The molecule has 3 rings (SSSR count). The lowest BCUT2D eigenvalue weighted by molar-refractivity contribution is -0.126. The Morgan fingerprint density at radius 2 is 2.11 bits per heavy atom. The lowest BCUT2D eigenvalue weighted by Crippen LogP contribution is -2.49. The summed E-state index contributed by atoms with van der Waals surface area (Å²) >= 11 is 0. The average molecular weight is 371 g/mol. The number of hydrogen-bond acceptors (Lipinski definition) is 5. The molecule has 0 radical (unpaired) electrons. The Hall–Kier alpha value is -2.97. The molecule has 0 aromatic carbocycles. The normalized spacial score (nSPS) is 16.0. The Kier molecular flexibility index (Phi) is 6.35.